The van der Waals surface area contributed by atoms with E-state index in [1.807, 2.05) is 0 Å². The van der Waals surface area contributed by atoms with Crippen molar-refractivity contribution in [2.24, 2.45) is 5.41 Å². The molecular formula is C11H16ClNO4S2. The van der Waals surface area contributed by atoms with Crippen molar-refractivity contribution in [1.82, 2.24) is 4.72 Å². The van der Waals surface area contributed by atoms with E-state index >= 15 is 0 Å². The van der Waals surface area contributed by atoms with Gasteiger partial charge in [0.15, 0.2) is 0 Å². The highest BCUT2D eigenvalue weighted by atomic mass is 35.5. The molecule has 0 fully saturated rings. The Hall–Kier alpha value is -0.630. The second kappa shape index (κ2) is 5.78. The summed E-state index contributed by atoms with van der Waals surface area (Å²) >= 11 is 6.79. The molecule has 0 aliphatic rings. The van der Waals surface area contributed by atoms with E-state index in [0.717, 1.165) is 11.3 Å². The van der Waals surface area contributed by atoms with Crippen LogP contribution in [0.5, 0.6) is 0 Å². The summed E-state index contributed by atoms with van der Waals surface area (Å²) in [7, 11) is -3.72. The van der Waals surface area contributed by atoms with Gasteiger partial charge in [-0.25, -0.2) is 13.1 Å². The fraction of sp³-hybridized carbons (Fsp3) is 0.545. The molecule has 1 unspecified atom stereocenters. The van der Waals surface area contributed by atoms with Crippen LogP contribution in [0.15, 0.2) is 10.3 Å². The molecule has 8 heteroatoms. The Kier molecular flexibility index (Phi) is 5.00. The van der Waals surface area contributed by atoms with Crippen molar-refractivity contribution in [3.8, 4) is 0 Å². The van der Waals surface area contributed by atoms with E-state index in [0.29, 0.717) is 16.3 Å². The molecule has 108 valence electrons. The van der Waals surface area contributed by atoms with E-state index in [2.05, 4.69) is 4.72 Å². The average molecular weight is 326 g/mol. The summed E-state index contributed by atoms with van der Waals surface area (Å²) in [5.41, 5.74) is -0.438. The molecule has 0 saturated heterocycles. The fourth-order valence-corrected chi connectivity index (χ4v) is 4.16. The third-order valence-electron chi connectivity index (χ3n) is 3.05. The normalized spacial score (nSPS) is 15.2. The number of sulfonamides is 1. The van der Waals surface area contributed by atoms with Crippen molar-refractivity contribution in [1.29, 1.82) is 0 Å². The van der Waals surface area contributed by atoms with E-state index in [1.54, 1.807) is 13.8 Å². The van der Waals surface area contributed by atoms with Gasteiger partial charge in [-0.3, -0.25) is 4.79 Å². The molecule has 0 radical (unpaired) electrons. The van der Waals surface area contributed by atoms with E-state index in [1.165, 1.54) is 13.0 Å². The SMILES string of the molecule is CCC(C)(CNS(=O)(=O)c1cc(C)c(Cl)s1)C(=O)O. The molecule has 0 bridgehead atoms. The Balaban J connectivity index is 2.90. The van der Waals surface area contributed by atoms with E-state index in [9.17, 15) is 13.2 Å². The number of halogens is 1. The number of carboxylic acid groups (broad SMARTS) is 1. The first kappa shape index (κ1) is 16.4. The molecule has 1 heterocycles. The van der Waals surface area contributed by atoms with Gasteiger partial charge in [-0.2, -0.15) is 0 Å². The predicted octanol–water partition coefficient (Wildman–Crippen LogP) is 2.49. The number of aliphatic carboxylic acids is 1. The number of carboxylic acids is 1. The maximum Gasteiger partial charge on any atom is 0.310 e. The van der Waals surface area contributed by atoms with E-state index < -0.39 is 21.4 Å². The van der Waals surface area contributed by atoms with Gasteiger partial charge >= 0.3 is 5.97 Å². The smallest absolute Gasteiger partial charge is 0.310 e. The van der Waals surface area contributed by atoms with Gasteiger partial charge in [-0.05, 0) is 31.9 Å². The predicted molar refractivity (Wildman–Crippen MR) is 75.3 cm³/mol. The van der Waals surface area contributed by atoms with Gasteiger partial charge in [0.25, 0.3) is 0 Å². The molecule has 0 saturated carbocycles. The lowest BCUT2D eigenvalue weighted by molar-refractivity contribution is -0.147. The van der Waals surface area contributed by atoms with Crippen LogP contribution >= 0.6 is 22.9 Å². The summed E-state index contributed by atoms with van der Waals surface area (Å²) in [5.74, 6) is -1.03. The summed E-state index contributed by atoms with van der Waals surface area (Å²) in [6.45, 7) is 4.76. The minimum absolute atomic E-state index is 0.0961. The molecule has 1 aromatic rings. The van der Waals surface area contributed by atoms with Gasteiger partial charge in [-0.1, -0.05) is 18.5 Å². The second-order valence-electron chi connectivity index (χ2n) is 4.57. The van der Waals surface area contributed by atoms with Crippen LogP contribution in [0.2, 0.25) is 4.34 Å². The second-order valence-corrected chi connectivity index (χ2v) is 8.21. The van der Waals surface area contributed by atoms with Crippen LogP contribution in [0.4, 0.5) is 0 Å². The van der Waals surface area contributed by atoms with Crippen LogP contribution in [-0.2, 0) is 14.8 Å². The highest BCUT2D eigenvalue weighted by Gasteiger charge is 2.33. The minimum Gasteiger partial charge on any atom is -0.481 e. The molecule has 1 atom stereocenters. The standard InChI is InChI=1S/C11H16ClNO4S2/c1-4-11(3,10(14)15)6-13-19(16,17)8-5-7(2)9(12)18-8/h5,13H,4,6H2,1-3H3,(H,14,15). The summed E-state index contributed by atoms with van der Waals surface area (Å²) in [4.78, 5) is 11.1. The van der Waals surface area contributed by atoms with Crippen molar-refractivity contribution in [2.45, 2.75) is 31.4 Å². The van der Waals surface area contributed by atoms with Crippen LogP contribution in [-0.4, -0.2) is 26.0 Å². The van der Waals surface area contributed by atoms with Crippen molar-refractivity contribution in [3.05, 3.63) is 16.0 Å². The maximum absolute atomic E-state index is 12.0. The van der Waals surface area contributed by atoms with Crippen LogP contribution < -0.4 is 4.72 Å². The zero-order valence-electron chi connectivity index (χ0n) is 10.9. The zero-order chi connectivity index (χ0) is 14.8. The van der Waals surface area contributed by atoms with Crippen LogP contribution in [0.25, 0.3) is 0 Å². The molecule has 0 spiro atoms. The van der Waals surface area contributed by atoms with Gasteiger partial charge in [0.05, 0.1) is 9.75 Å². The van der Waals surface area contributed by atoms with Gasteiger partial charge < -0.3 is 5.11 Å². The highest BCUT2D eigenvalue weighted by molar-refractivity contribution is 7.91. The third-order valence-corrected chi connectivity index (χ3v) is 6.48. The molecule has 2 N–H and O–H groups in total. The number of thiophene rings is 1. The Morgan fingerprint density at radius 3 is 2.53 bits per heavy atom. The summed E-state index contributed by atoms with van der Waals surface area (Å²) in [6, 6.07) is 1.47. The van der Waals surface area contributed by atoms with Crippen molar-refractivity contribution in [3.63, 3.8) is 0 Å². The lowest BCUT2D eigenvalue weighted by Crippen LogP contribution is -2.40. The van der Waals surface area contributed by atoms with E-state index in [4.69, 9.17) is 16.7 Å². The monoisotopic (exact) mass is 325 g/mol. The third kappa shape index (κ3) is 3.68. The number of carbonyl (C=O) groups is 1. The quantitative estimate of drug-likeness (QED) is 0.841. The Morgan fingerprint density at radius 1 is 1.58 bits per heavy atom. The van der Waals surface area contributed by atoms with E-state index in [-0.39, 0.29) is 10.8 Å². The van der Waals surface area contributed by atoms with Crippen LogP contribution in [0.3, 0.4) is 0 Å². The first-order valence-electron chi connectivity index (χ1n) is 5.61. The zero-order valence-corrected chi connectivity index (χ0v) is 13.2. The van der Waals surface area contributed by atoms with Crippen molar-refractivity contribution >= 4 is 38.9 Å². The molecule has 0 aliphatic heterocycles. The van der Waals surface area contributed by atoms with Gasteiger partial charge in [0.1, 0.15) is 4.21 Å². The summed E-state index contributed by atoms with van der Waals surface area (Å²) in [6.07, 6.45) is 0.328. The number of hydrogen-bond donors (Lipinski definition) is 2. The lowest BCUT2D eigenvalue weighted by atomic mass is 9.88. The van der Waals surface area contributed by atoms with Gasteiger partial charge in [0.2, 0.25) is 10.0 Å². The highest BCUT2D eigenvalue weighted by Crippen LogP contribution is 2.30. The van der Waals surface area contributed by atoms with Crippen LogP contribution in [0.1, 0.15) is 25.8 Å². The van der Waals surface area contributed by atoms with Crippen molar-refractivity contribution < 1.29 is 18.3 Å². The van der Waals surface area contributed by atoms with Crippen molar-refractivity contribution in [2.75, 3.05) is 6.54 Å². The summed E-state index contributed by atoms with van der Waals surface area (Å²) in [5, 5.41) is 9.09. The molecule has 19 heavy (non-hydrogen) atoms. The number of hydrogen-bond acceptors (Lipinski definition) is 4. The molecular weight excluding hydrogens is 310 g/mol. The minimum atomic E-state index is -3.72. The number of nitrogens with one attached hydrogen (secondary N) is 1. The topological polar surface area (TPSA) is 83.5 Å². The summed E-state index contributed by atoms with van der Waals surface area (Å²) < 4.78 is 26.9. The first-order valence-corrected chi connectivity index (χ1v) is 8.29. The largest absolute Gasteiger partial charge is 0.481 e. The average Bonchev–Trinajstić information content (AvgIpc) is 2.67. The number of rotatable bonds is 6. The maximum atomic E-state index is 12.0. The van der Waals surface area contributed by atoms with Gasteiger partial charge in [-0.15, -0.1) is 11.3 Å². The molecule has 1 rings (SSSR count). The molecule has 0 aromatic carbocycles. The molecule has 5 nitrogen and oxygen atoms in total. The van der Waals surface area contributed by atoms with Crippen LogP contribution in [0, 0.1) is 12.3 Å². The molecule has 1 aromatic heterocycles. The fourth-order valence-electron chi connectivity index (χ4n) is 1.24. The Morgan fingerprint density at radius 2 is 2.16 bits per heavy atom. The Labute approximate surface area is 121 Å². The molecule has 0 aliphatic carbocycles. The molecule has 0 amide bonds. The lowest BCUT2D eigenvalue weighted by Gasteiger charge is -2.22. The Bertz CT molecular complexity index is 562. The van der Waals surface area contributed by atoms with Gasteiger partial charge in [0, 0.05) is 6.54 Å². The number of aryl methyl sites for hydroxylation is 1. The first-order chi connectivity index (χ1) is 8.62.